The van der Waals surface area contributed by atoms with E-state index in [0.29, 0.717) is 12.5 Å². The number of hydrogen-bond donors (Lipinski definition) is 2. The summed E-state index contributed by atoms with van der Waals surface area (Å²) >= 11 is 0. The Morgan fingerprint density at radius 1 is 1.28 bits per heavy atom. The zero-order valence-corrected chi connectivity index (χ0v) is 11.0. The first-order valence-electron chi connectivity index (χ1n) is 6.94. The molecule has 1 aliphatic rings. The normalized spacial score (nSPS) is 23.6. The fourth-order valence-corrected chi connectivity index (χ4v) is 2.75. The predicted molar refractivity (Wildman–Crippen MR) is 74.1 cm³/mol. The number of benzene rings is 1. The molecule has 0 radical (unpaired) electrons. The molecule has 2 atom stereocenters. The van der Waals surface area contributed by atoms with Crippen LogP contribution in [0.5, 0.6) is 0 Å². The molecule has 3 nitrogen and oxygen atoms in total. The molecular weight excluding hydrogens is 224 g/mol. The number of aliphatic hydroxyl groups is 1. The maximum absolute atomic E-state index is 9.94. The van der Waals surface area contributed by atoms with Gasteiger partial charge in [0.25, 0.3) is 0 Å². The summed E-state index contributed by atoms with van der Waals surface area (Å²) in [6.45, 7) is 3.45. The van der Waals surface area contributed by atoms with E-state index in [-0.39, 0.29) is 6.10 Å². The van der Waals surface area contributed by atoms with E-state index in [0.717, 1.165) is 26.1 Å². The Morgan fingerprint density at radius 2 is 2.06 bits per heavy atom. The van der Waals surface area contributed by atoms with Gasteiger partial charge < -0.3 is 10.8 Å². The van der Waals surface area contributed by atoms with Gasteiger partial charge in [0.2, 0.25) is 0 Å². The summed E-state index contributed by atoms with van der Waals surface area (Å²) in [5.41, 5.74) is 6.93. The third kappa shape index (κ3) is 3.80. The van der Waals surface area contributed by atoms with Gasteiger partial charge in [0.1, 0.15) is 0 Å². The molecule has 0 aromatic heterocycles. The van der Waals surface area contributed by atoms with Gasteiger partial charge in [-0.25, -0.2) is 0 Å². The molecule has 3 N–H and O–H groups in total. The molecule has 0 bridgehead atoms. The zero-order valence-electron chi connectivity index (χ0n) is 11.0. The Labute approximate surface area is 110 Å². The van der Waals surface area contributed by atoms with Crippen molar-refractivity contribution in [1.82, 2.24) is 4.90 Å². The number of hydrogen-bond acceptors (Lipinski definition) is 3. The Kier molecular flexibility index (Phi) is 5.17. The SMILES string of the molecule is NCC(O)C1CCCCN(Cc2ccccc2)C1. The molecule has 2 unspecified atom stereocenters. The topological polar surface area (TPSA) is 49.5 Å². The summed E-state index contributed by atoms with van der Waals surface area (Å²) in [6, 6.07) is 10.5. The minimum absolute atomic E-state index is 0.334. The number of likely N-dealkylation sites (tertiary alicyclic amines) is 1. The van der Waals surface area contributed by atoms with E-state index < -0.39 is 0 Å². The standard InChI is InChI=1S/C15H24N2O/c16-10-15(18)14-8-4-5-9-17(12-14)11-13-6-2-1-3-7-13/h1-3,6-7,14-15,18H,4-5,8-12,16H2. The summed E-state index contributed by atoms with van der Waals surface area (Å²) in [5, 5.41) is 9.94. The van der Waals surface area contributed by atoms with Crippen molar-refractivity contribution in [2.24, 2.45) is 11.7 Å². The molecule has 1 fully saturated rings. The first kappa shape index (κ1) is 13.5. The molecule has 0 amide bonds. The quantitative estimate of drug-likeness (QED) is 0.851. The van der Waals surface area contributed by atoms with E-state index in [9.17, 15) is 5.11 Å². The molecule has 2 rings (SSSR count). The average molecular weight is 248 g/mol. The monoisotopic (exact) mass is 248 g/mol. The van der Waals surface area contributed by atoms with Gasteiger partial charge in [0.05, 0.1) is 6.10 Å². The third-order valence-corrected chi connectivity index (χ3v) is 3.83. The Bertz CT molecular complexity index is 342. The van der Waals surface area contributed by atoms with Gasteiger partial charge in [-0.2, -0.15) is 0 Å². The Balaban J connectivity index is 1.95. The molecule has 3 heteroatoms. The molecule has 0 spiro atoms. The van der Waals surface area contributed by atoms with Crippen LogP contribution < -0.4 is 5.73 Å². The smallest absolute Gasteiger partial charge is 0.0702 e. The van der Waals surface area contributed by atoms with Crippen LogP contribution in [0.4, 0.5) is 0 Å². The molecule has 0 aliphatic carbocycles. The van der Waals surface area contributed by atoms with Gasteiger partial charge in [-0.05, 0) is 30.9 Å². The second-order valence-corrected chi connectivity index (χ2v) is 5.28. The van der Waals surface area contributed by atoms with Crippen LogP contribution in [0.25, 0.3) is 0 Å². The average Bonchev–Trinajstić information content (AvgIpc) is 2.65. The number of rotatable bonds is 4. The third-order valence-electron chi connectivity index (χ3n) is 3.83. The van der Waals surface area contributed by atoms with Crippen LogP contribution in [0.15, 0.2) is 30.3 Å². The van der Waals surface area contributed by atoms with Gasteiger partial charge >= 0.3 is 0 Å². The van der Waals surface area contributed by atoms with Crippen LogP contribution in [0.2, 0.25) is 0 Å². The van der Waals surface area contributed by atoms with Crippen molar-refractivity contribution in [2.75, 3.05) is 19.6 Å². The van der Waals surface area contributed by atoms with E-state index in [1.807, 2.05) is 6.07 Å². The highest BCUT2D eigenvalue weighted by molar-refractivity contribution is 5.14. The molecule has 1 saturated heterocycles. The van der Waals surface area contributed by atoms with Crippen LogP contribution in [0, 0.1) is 5.92 Å². The largest absolute Gasteiger partial charge is 0.391 e. The molecule has 18 heavy (non-hydrogen) atoms. The van der Waals surface area contributed by atoms with Gasteiger partial charge in [-0.15, -0.1) is 0 Å². The van der Waals surface area contributed by atoms with Crippen molar-refractivity contribution in [3.63, 3.8) is 0 Å². The lowest BCUT2D eigenvalue weighted by Crippen LogP contribution is -2.37. The fourth-order valence-electron chi connectivity index (χ4n) is 2.75. The first-order chi connectivity index (χ1) is 8.79. The summed E-state index contributed by atoms with van der Waals surface area (Å²) in [4.78, 5) is 2.45. The van der Waals surface area contributed by atoms with E-state index >= 15 is 0 Å². The highest BCUT2D eigenvalue weighted by atomic mass is 16.3. The van der Waals surface area contributed by atoms with E-state index in [2.05, 4.69) is 29.2 Å². The number of nitrogens with zero attached hydrogens (tertiary/aromatic N) is 1. The highest BCUT2D eigenvalue weighted by Crippen LogP contribution is 2.20. The minimum Gasteiger partial charge on any atom is -0.391 e. The lowest BCUT2D eigenvalue weighted by atomic mass is 9.97. The highest BCUT2D eigenvalue weighted by Gasteiger charge is 2.23. The Hall–Kier alpha value is -0.900. The van der Waals surface area contributed by atoms with E-state index in [1.54, 1.807) is 0 Å². The van der Waals surface area contributed by atoms with Crippen LogP contribution in [-0.4, -0.2) is 35.7 Å². The van der Waals surface area contributed by atoms with E-state index in [4.69, 9.17) is 5.73 Å². The molecule has 100 valence electrons. The van der Waals surface area contributed by atoms with Gasteiger partial charge in [0, 0.05) is 19.6 Å². The number of aliphatic hydroxyl groups excluding tert-OH is 1. The molecule has 1 heterocycles. The predicted octanol–water partition coefficient (Wildman–Crippen LogP) is 1.61. The van der Waals surface area contributed by atoms with Crippen LogP contribution >= 0.6 is 0 Å². The minimum atomic E-state index is -0.346. The molecule has 0 saturated carbocycles. The maximum atomic E-state index is 9.94. The molecular formula is C15H24N2O. The molecule has 1 aromatic rings. The van der Waals surface area contributed by atoms with Gasteiger partial charge in [-0.3, -0.25) is 4.90 Å². The number of nitrogens with two attached hydrogens (primary N) is 1. The first-order valence-corrected chi connectivity index (χ1v) is 6.94. The lowest BCUT2D eigenvalue weighted by Gasteiger charge is -2.26. The molecule has 1 aromatic carbocycles. The van der Waals surface area contributed by atoms with Crippen LogP contribution in [-0.2, 0) is 6.54 Å². The second kappa shape index (κ2) is 6.88. The van der Waals surface area contributed by atoms with Gasteiger partial charge in [-0.1, -0.05) is 36.8 Å². The van der Waals surface area contributed by atoms with Crippen molar-refractivity contribution >= 4 is 0 Å². The van der Waals surface area contributed by atoms with Crippen molar-refractivity contribution < 1.29 is 5.11 Å². The van der Waals surface area contributed by atoms with Crippen molar-refractivity contribution in [3.05, 3.63) is 35.9 Å². The summed E-state index contributed by atoms with van der Waals surface area (Å²) in [5.74, 6) is 0.334. The zero-order chi connectivity index (χ0) is 12.8. The van der Waals surface area contributed by atoms with Crippen molar-refractivity contribution in [3.8, 4) is 0 Å². The van der Waals surface area contributed by atoms with Gasteiger partial charge in [0.15, 0.2) is 0 Å². The lowest BCUT2D eigenvalue weighted by molar-refractivity contribution is 0.0874. The summed E-state index contributed by atoms with van der Waals surface area (Å²) in [7, 11) is 0. The Morgan fingerprint density at radius 3 is 2.78 bits per heavy atom. The van der Waals surface area contributed by atoms with Crippen LogP contribution in [0.3, 0.4) is 0 Å². The maximum Gasteiger partial charge on any atom is 0.0702 e. The molecule has 1 aliphatic heterocycles. The van der Waals surface area contributed by atoms with Crippen molar-refractivity contribution in [2.45, 2.75) is 31.9 Å². The summed E-state index contributed by atoms with van der Waals surface area (Å²) in [6.07, 6.45) is 3.18. The van der Waals surface area contributed by atoms with Crippen molar-refractivity contribution in [1.29, 1.82) is 0 Å². The second-order valence-electron chi connectivity index (χ2n) is 5.28. The van der Waals surface area contributed by atoms with Crippen LogP contribution in [0.1, 0.15) is 24.8 Å². The summed E-state index contributed by atoms with van der Waals surface area (Å²) < 4.78 is 0. The van der Waals surface area contributed by atoms with E-state index in [1.165, 1.54) is 18.4 Å². The fraction of sp³-hybridized carbons (Fsp3) is 0.600.